The molecule has 0 bridgehead atoms. The van der Waals surface area contributed by atoms with E-state index in [4.69, 9.17) is 5.73 Å². The Morgan fingerprint density at radius 2 is 2.05 bits per heavy atom. The van der Waals surface area contributed by atoms with Gasteiger partial charge in [0.05, 0.1) is 0 Å². The van der Waals surface area contributed by atoms with Crippen molar-refractivity contribution >= 4 is 29.0 Å². The first kappa shape index (κ1) is 13.4. The molecule has 0 aliphatic heterocycles. The third-order valence-corrected chi connectivity index (χ3v) is 3.24. The Morgan fingerprint density at radius 1 is 1.26 bits per heavy atom. The van der Waals surface area contributed by atoms with E-state index < -0.39 is 5.82 Å². The molecule has 0 aliphatic carbocycles. The van der Waals surface area contributed by atoms with Gasteiger partial charge in [0, 0.05) is 21.8 Å². The molecule has 0 unspecified atom stereocenters. The maximum Gasteiger partial charge on any atom is 0.255 e. The van der Waals surface area contributed by atoms with E-state index in [2.05, 4.69) is 5.32 Å². The van der Waals surface area contributed by atoms with Crippen molar-refractivity contribution in [1.82, 2.24) is 0 Å². The van der Waals surface area contributed by atoms with Crippen molar-refractivity contribution < 1.29 is 9.18 Å². The number of nitrogens with two attached hydrogens (primary N) is 1. The molecular formula is C14H13FN2OS. The van der Waals surface area contributed by atoms with Crippen molar-refractivity contribution in [2.75, 3.05) is 17.3 Å². The fourth-order valence-electron chi connectivity index (χ4n) is 1.65. The van der Waals surface area contributed by atoms with Crippen LogP contribution in [0.1, 0.15) is 10.4 Å². The zero-order valence-electron chi connectivity index (χ0n) is 10.3. The van der Waals surface area contributed by atoms with Crippen LogP contribution in [0, 0.1) is 5.82 Å². The van der Waals surface area contributed by atoms with Crippen LogP contribution < -0.4 is 11.1 Å². The number of anilines is 2. The summed E-state index contributed by atoms with van der Waals surface area (Å²) in [4.78, 5) is 13.0. The molecule has 2 rings (SSSR count). The van der Waals surface area contributed by atoms with Gasteiger partial charge >= 0.3 is 0 Å². The van der Waals surface area contributed by atoms with Crippen LogP contribution in [0.2, 0.25) is 0 Å². The lowest BCUT2D eigenvalue weighted by Gasteiger charge is -2.07. The first-order valence-corrected chi connectivity index (χ1v) is 6.82. The maximum atomic E-state index is 13.2. The highest BCUT2D eigenvalue weighted by Gasteiger charge is 2.08. The Bertz CT molecular complexity index is 596. The molecule has 5 heteroatoms. The Morgan fingerprint density at radius 3 is 2.74 bits per heavy atom. The summed E-state index contributed by atoms with van der Waals surface area (Å²) < 4.78 is 13.2. The normalized spacial score (nSPS) is 10.2. The van der Waals surface area contributed by atoms with Gasteiger partial charge in [0.2, 0.25) is 0 Å². The van der Waals surface area contributed by atoms with Crippen molar-refractivity contribution in [2.45, 2.75) is 4.90 Å². The zero-order valence-corrected chi connectivity index (χ0v) is 11.1. The third-order valence-electron chi connectivity index (χ3n) is 2.51. The Hall–Kier alpha value is -2.01. The number of nitrogens with one attached hydrogen (secondary N) is 1. The summed E-state index contributed by atoms with van der Waals surface area (Å²) in [6.07, 6.45) is 1.95. The number of benzene rings is 2. The van der Waals surface area contributed by atoms with Gasteiger partial charge in [0.15, 0.2) is 0 Å². The molecule has 0 spiro atoms. The predicted molar refractivity (Wildman–Crippen MR) is 77.0 cm³/mol. The highest BCUT2D eigenvalue weighted by molar-refractivity contribution is 7.98. The first-order valence-electron chi connectivity index (χ1n) is 5.60. The molecule has 2 aromatic rings. The minimum absolute atomic E-state index is 0.201. The monoisotopic (exact) mass is 276 g/mol. The van der Waals surface area contributed by atoms with Crippen LogP contribution in [0.3, 0.4) is 0 Å². The minimum Gasteiger partial charge on any atom is -0.399 e. The molecule has 0 aliphatic rings. The predicted octanol–water partition coefficient (Wildman–Crippen LogP) is 3.38. The highest BCUT2D eigenvalue weighted by atomic mass is 32.2. The lowest BCUT2D eigenvalue weighted by molar-refractivity contribution is 0.102. The van der Waals surface area contributed by atoms with Gasteiger partial charge in [0.1, 0.15) is 5.82 Å². The zero-order chi connectivity index (χ0) is 13.8. The molecule has 0 radical (unpaired) electrons. The van der Waals surface area contributed by atoms with E-state index in [0.717, 1.165) is 11.0 Å². The van der Waals surface area contributed by atoms with Crippen molar-refractivity contribution in [2.24, 2.45) is 0 Å². The fraction of sp³-hybridized carbons (Fsp3) is 0.0714. The van der Waals surface area contributed by atoms with E-state index in [0.29, 0.717) is 5.69 Å². The average Bonchev–Trinajstić information content (AvgIpc) is 2.37. The van der Waals surface area contributed by atoms with E-state index in [9.17, 15) is 9.18 Å². The Labute approximate surface area is 115 Å². The molecule has 0 saturated heterocycles. The number of amides is 1. The molecule has 0 fully saturated rings. The van der Waals surface area contributed by atoms with E-state index in [1.807, 2.05) is 24.5 Å². The minimum atomic E-state index is -0.525. The Kier molecular flexibility index (Phi) is 4.06. The van der Waals surface area contributed by atoms with Crippen LogP contribution in [-0.4, -0.2) is 12.2 Å². The quantitative estimate of drug-likeness (QED) is 0.667. The molecular weight excluding hydrogens is 263 g/mol. The second-order valence-electron chi connectivity index (χ2n) is 3.96. The molecule has 98 valence electrons. The summed E-state index contributed by atoms with van der Waals surface area (Å²) in [7, 11) is 0. The summed E-state index contributed by atoms with van der Waals surface area (Å²) in [5.41, 5.74) is 6.61. The van der Waals surface area contributed by atoms with Gasteiger partial charge in [-0.2, -0.15) is 0 Å². The second kappa shape index (κ2) is 5.75. The van der Waals surface area contributed by atoms with Crippen LogP contribution in [0.25, 0.3) is 0 Å². The van der Waals surface area contributed by atoms with Gasteiger partial charge in [-0.1, -0.05) is 6.07 Å². The number of thioether (sulfide) groups is 1. The molecule has 3 nitrogen and oxygen atoms in total. The summed E-state index contributed by atoms with van der Waals surface area (Å²) in [6.45, 7) is 0. The van der Waals surface area contributed by atoms with Crippen molar-refractivity contribution in [3.8, 4) is 0 Å². The smallest absolute Gasteiger partial charge is 0.255 e. The fourth-order valence-corrected chi connectivity index (χ4v) is 2.11. The topological polar surface area (TPSA) is 55.1 Å². The van der Waals surface area contributed by atoms with Gasteiger partial charge < -0.3 is 11.1 Å². The number of halogens is 1. The number of hydrogen-bond acceptors (Lipinski definition) is 3. The molecule has 0 saturated carbocycles. The summed E-state index contributed by atoms with van der Waals surface area (Å²) >= 11 is 1.58. The van der Waals surface area contributed by atoms with Crippen LogP contribution in [-0.2, 0) is 0 Å². The molecule has 0 atom stereocenters. The summed E-state index contributed by atoms with van der Waals surface area (Å²) in [5, 5.41) is 2.71. The van der Waals surface area contributed by atoms with Crippen LogP contribution >= 0.6 is 11.8 Å². The SMILES string of the molecule is CSc1cccc(NC(=O)c2cc(N)cc(F)c2)c1. The average molecular weight is 276 g/mol. The lowest BCUT2D eigenvalue weighted by atomic mass is 10.2. The molecule has 0 aromatic heterocycles. The third kappa shape index (κ3) is 3.48. The molecule has 0 heterocycles. The van der Waals surface area contributed by atoms with Gasteiger partial charge in [-0.15, -0.1) is 11.8 Å². The van der Waals surface area contributed by atoms with Crippen molar-refractivity contribution in [3.63, 3.8) is 0 Å². The Balaban J connectivity index is 2.20. The number of hydrogen-bond donors (Lipinski definition) is 2. The first-order chi connectivity index (χ1) is 9.08. The molecule has 2 aromatic carbocycles. The van der Waals surface area contributed by atoms with Crippen LogP contribution in [0.15, 0.2) is 47.4 Å². The van der Waals surface area contributed by atoms with Gasteiger partial charge in [-0.25, -0.2) is 4.39 Å². The van der Waals surface area contributed by atoms with E-state index in [-0.39, 0.29) is 17.2 Å². The summed E-state index contributed by atoms with van der Waals surface area (Å²) in [5.74, 6) is -0.910. The van der Waals surface area contributed by atoms with Crippen molar-refractivity contribution in [1.29, 1.82) is 0 Å². The second-order valence-corrected chi connectivity index (χ2v) is 4.84. The van der Waals surface area contributed by atoms with Crippen LogP contribution in [0.4, 0.5) is 15.8 Å². The molecule has 1 amide bonds. The number of rotatable bonds is 3. The van der Waals surface area contributed by atoms with E-state index in [1.165, 1.54) is 12.1 Å². The summed E-state index contributed by atoms with van der Waals surface area (Å²) in [6, 6.07) is 11.2. The van der Waals surface area contributed by atoms with Crippen molar-refractivity contribution in [3.05, 3.63) is 53.8 Å². The number of carbonyl (C=O) groups excluding carboxylic acids is 1. The highest BCUT2D eigenvalue weighted by Crippen LogP contribution is 2.20. The van der Waals surface area contributed by atoms with Crippen LogP contribution in [0.5, 0.6) is 0 Å². The lowest BCUT2D eigenvalue weighted by Crippen LogP contribution is -2.12. The van der Waals surface area contributed by atoms with Gasteiger partial charge in [-0.05, 0) is 42.7 Å². The molecule has 3 N–H and O–H groups in total. The molecule has 19 heavy (non-hydrogen) atoms. The number of nitrogen functional groups attached to an aromatic ring is 1. The van der Waals surface area contributed by atoms with Gasteiger partial charge in [-0.3, -0.25) is 4.79 Å². The standard InChI is InChI=1S/C14H13FN2OS/c1-19-13-4-2-3-12(8-13)17-14(18)9-5-10(15)7-11(16)6-9/h2-8H,16H2,1H3,(H,17,18). The largest absolute Gasteiger partial charge is 0.399 e. The van der Waals surface area contributed by atoms with E-state index >= 15 is 0 Å². The maximum absolute atomic E-state index is 13.2. The van der Waals surface area contributed by atoms with Gasteiger partial charge in [0.25, 0.3) is 5.91 Å². The number of carbonyl (C=O) groups is 1. The van der Waals surface area contributed by atoms with E-state index in [1.54, 1.807) is 17.8 Å².